The van der Waals surface area contributed by atoms with E-state index in [0.29, 0.717) is 11.2 Å². The highest BCUT2D eigenvalue weighted by molar-refractivity contribution is 6.29. The molecule has 1 N–H and O–H groups in total. The Hall–Kier alpha value is -0.830. The van der Waals surface area contributed by atoms with Gasteiger partial charge in [-0.3, -0.25) is 0 Å². The first-order chi connectivity index (χ1) is 7.83. The van der Waals surface area contributed by atoms with Gasteiger partial charge in [-0.25, -0.2) is 9.97 Å². The maximum absolute atomic E-state index is 5.85. The van der Waals surface area contributed by atoms with Crippen molar-refractivity contribution in [2.75, 3.05) is 5.32 Å². The highest BCUT2D eigenvalue weighted by Crippen LogP contribution is 2.66. The second-order valence-electron chi connectivity index (χ2n) is 5.38. The summed E-state index contributed by atoms with van der Waals surface area (Å²) in [4.78, 5) is 8.11. The molecule has 1 aromatic rings. The quantitative estimate of drug-likeness (QED) is 0.801. The molecule has 0 radical (unpaired) electrons. The van der Waals surface area contributed by atoms with Gasteiger partial charge in [0.25, 0.3) is 0 Å². The fraction of sp³-hybridized carbons (Fsp3) is 0.667. The Morgan fingerprint density at radius 3 is 2.62 bits per heavy atom. The van der Waals surface area contributed by atoms with Crippen molar-refractivity contribution >= 4 is 17.4 Å². The van der Waals surface area contributed by atoms with E-state index in [2.05, 4.69) is 15.3 Å². The first-order valence-electron chi connectivity index (χ1n) is 6.07. The number of hydrogen-bond acceptors (Lipinski definition) is 3. The number of nitrogens with zero attached hydrogens (tertiary/aromatic N) is 2. The fourth-order valence-corrected chi connectivity index (χ4v) is 4.25. The van der Waals surface area contributed by atoms with Crippen LogP contribution in [0.1, 0.15) is 19.3 Å². The Labute approximate surface area is 99.6 Å². The number of fused-ring (bicyclic) bond motifs is 5. The molecule has 0 aromatic carbocycles. The molecule has 16 heavy (non-hydrogen) atoms. The summed E-state index contributed by atoms with van der Waals surface area (Å²) < 4.78 is 0. The van der Waals surface area contributed by atoms with Crippen molar-refractivity contribution < 1.29 is 0 Å². The molecule has 4 atom stereocenters. The van der Waals surface area contributed by atoms with E-state index in [1.54, 1.807) is 0 Å². The van der Waals surface area contributed by atoms with Crippen LogP contribution >= 0.6 is 11.6 Å². The molecular formula is C12H14ClN3. The molecule has 0 spiro atoms. The smallest absolute Gasteiger partial charge is 0.134 e. The summed E-state index contributed by atoms with van der Waals surface area (Å²) in [6.07, 6.45) is 5.92. The molecule has 2 bridgehead atoms. The van der Waals surface area contributed by atoms with Gasteiger partial charge < -0.3 is 5.32 Å². The Kier molecular flexibility index (Phi) is 1.79. The van der Waals surface area contributed by atoms with Gasteiger partial charge in [0.15, 0.2) is 0 Å². The molecule has 3 fully saturated rings. The van der Waals surface area contributed by atoms with Crippen LogP contribution in [-0.4, -0.2) is 16.0 Å². The lowest BCUT2D eigenvalue weighted by Crippen LogP contribution is -2.13. The van der Waals surface area contributed by atoms with Crippen LogP contribution < -0.4 is 5.32 Å². The summed E-state index contributed by atoms with van der Waals surface area (Å²) in [5, 5.41) is 4.04. The minimum Gasteiger partial charge on any atom is -0.367 e. The molecule has 4 heteroatoms. The summed E-state index contributed by atoms with van der Waals surface area (Å²) in [5.41, 5.74) is 0. The zero-order valence-corrected chi connectivity index (χ0v) is 9.69. The molecule has 4 unspecified atom stereocenters. The van der Waals surface area contributed by atoms with Crippen molar-refractivity contribution in [1.82, 2.24) is 9.97 Å². The van der Waals surface area contributed by atoms with Gasteiger partial charge in [0, 0.05) is 12.1 Å². The van der Waals surface area contributed by atoms with Crippen LogP contribution in [0.5, 0.6) is 0 Å². The van der Waals surface area contributed by atoms with Crippen molar-refractivity contribution in [1.29, 1.82) is 0 Å². The average Bonchev–Trinajstić information content (AvgIpc) is 2.70. The topological polar surface area (TPSA) is 37.8 Å². The predicted octanol–water partition coefficient (Wildman–Crippen LogP) is 2.59. The average molecular weight is 236 g/mol. The number of halogens is 1. The van der Waals surface area contributed by atoms with E-state index in [-0.39, 0.29) is 0 Å². The highest BCUT2D eigenvalue weighted by atomic mass is 35.5. The molecule has 0 aliphatic heterocycles. The molecule has 0 amide bonds. The van der Waals surface area contributed by atoms with Gasteiger partial charge in [-0.1, -0.05) is 11.6 Å². The largest absolute Gasteiger partial charge is 0.367 e. The van der Waals surface area contributed by atoms with Gasteiger partial charge in [0.1, 0.15) is 17.3 Å². The van der Waals surface area contributed by atoms with E-state index in [9.17, 15) is 0 Å². The van der Waals surface area contributed by atoms with Crippen LogP contribution in [0.25, 0.3) is 0 Å². The van der Waals surface area contributed by atoms with Crippen molar-refractivity contribution in [3.8, 4) is 0 Å². The lowest BCUT2D eigenvalue weighted by atomic mass is 10.0. The molecule has 84 valence electrons. The monoisotopic (exact) mass is 235 g/mol. The van der Waals surface area contributed by atoms with Gasteiger partial charge in [-0.2, -0.15) is 0 Å². The lowest BCUT2D eigenvalue weighted by Gasteiger charge is -2.10. The van der Waals surface area contributed by atoms with Gasteiger partial charge in [0.05, 0.1) is 0 Å². The normalized spacial score (nSPS) is 43.2. The van der Waals surface area contributed by atoms with Crippen LogP contribution in [-0.2, 0) is 0 Å². The molecule has 3 saturated carbocycles. The van der Waals surface area contributed by atoms with E-state index in [0.717, 1.165) is 29.5 Å². The maximum atomic E-state index is 5.85. The molecule has 3 aliphatic carbocycles. The molecule has 3 aliphatic rings. The zero-order valence-electron chi connectivity index (χ0n) is 8.94. The highest BCUT2D eigenvalue weighted by Gasteiger charge is 2.65. The Balaban J connectivity index is 1.51. The Bertz CT molecular complexity index is 420. The zero-order chi connectivity index (χ0) is 10.7. The number of anilines is 1. The minimum absolute atomic E-state index is 0.520. The second-order valence-corrected chi connectivity index (χ2v) is 5.77. The van der Waals surface area contributed by atoms with Crippen molar-refractivity contribution in [3.05, 3.63) is 17.5 Å². The maximum Gasteiger partial charge on any atom is 0.134 e. The van der Waals surface area contributed by atoms with E-state index in [1.807, 2.05) is 6.07 Å². The van der Waals surface area contributed by atoms with Crippen LogP contribution in [0.2, 0.25) is 5.15 Å². The van der Waals surface area contributed by atoms with Gasteiger partial charge in [-0.05, 0) is 42.9 Å². The third-order valence-corrected chi connectivity index (χ3v) is 4.89. The van der Waals surface area contributed by atoms with E-state index < -0.39 is 0 Å². The van der Waals surface area contributed by atoms with Crippen molar-refractivity contribution in [2.24, 2.45) is 23.7 Å². The van der Waals surface area contributed by atoms with Crippen molar-refractivity contribution in [2.45, 2.75) is 25.3 Å². The predicted molar refractivity (Wildman–Crippen MR) is 62.3 cm³/mol. The number of hydrogen-bond donors (Lipinski definition) is 1. The Morgan fingerprint density at radius 2 is 1.94 bits per heavy atom. The SMILES string of the molecule is Clc1cc(NC2C3C4CCC(C4)C23)ncn1. The van der Waals surface area contributed by atoms with E-state index in [4.69, 9.17) is 11.6 Å². The molecule has 4 rings (SSSR count). The minimum atomic E-state index is 0.520. The van der Waals surface area contributed by atoms with Crippen molar-refractivity contribution in [3.63, 3.8) is 0 Å². The van der Waals surface area contributed by atoms with Gasteiger partial charge in [-0.15, -0.1) is 0 Å². The molecule has 0 saturated heterocycles. The van der Waals surface area contributed by atoms with E-state index >= 15 is 0 Å². The van der Waals surface area contributed by atoms with Crippen LogP contribution in [0.15, 0.2) is 12.4 Å². The fourth-order valence-electron chi connectivity index (χ4n) is 4.10. The number of rotatable bonds is 2. The summed E-state index contributed by atoms with van der Waals surface area (Å²) in [7, 11) is 0. The number of aromatic nitrogens is 2. The summed E-state index contributed by atoms with van der Waals surface area (Å²) in [6.45, 7) is 0. The van der Waals surface area contributed by atoms with Crippen LogP contribution in [0.3, 0.4) is 0 Å². The Morgan fingerprint density at radius 1 is 1.19 bits per heavy atom. The first kappa shape index (κ1) is 9.23. The van der Waals surface area contributed by atoms with Crippen LogP contribution in [0, 0.1) is 23.7 Å². The second kappa shape index (κ2) is 3.10. The number of nitrogens with one attached hydrogen (secondary N) is 1. The molecule has 3 nitrogen and oxygen atoms in total. The molecular weight excluding hydrogens is 222 g/mol. The first-order valence-corrected chi connectivity index (χ1v) is 6.45. The third kappa shape index (κ3) is 1.21. The van der Waals surface area contributed by atoms with Gasteiger partial charge >= 0.3 is 0 Å². The third-order valence-electron chi connectivity index (χ3n) is 4.68. The van der Waals surface area contributed by atoms with Crippen LogP contribution in [0.4, 0.5) is 5.82 Å². The van der Waals surface area contributed by atoms with Gasteiger partial charge in [0.2, 0.25) is 0 Å². The molecule has 1 heterocycles. The van der Waals surface area contributed by atoms with E-state index in [1.165, 1.54) is 25.6 Å². The lowest BCUT2D eigenvalue weighted by molar-refractivity contribution is 0.456. The molecule has 1 aromatic heterocycles. The summed E-state index contributed by atoms with van der Waals surface area (Å²) in [6, 6.07) is 2.48. The summed E-state index contributed by atoms with van der Waals surface area (Å²) >= 11 is 5.85. The summed E-state index contributed by atoms with van der Waals surface area (Å²) in [5.74, 6) is 4.72. The standard InChI is InChI=1S/C12H14ClN3/c13-8-4-9(15-5-14-8)16-12-10-6-1-2-7(3-6)11(10)12/h4-7,10-12H,1-3H2,(H,14,15,16).